The molecular formula is C27H38N6S2. The van der Waals surface area contributed by atoms with Crippen molar-refractivity contribution in [2.24, 2.45) is 0 Å². The summed E-state index contributed by atoms with van der Waals surface area (Å²) in [6, 6.07) is 3.15. The molecule has 0 spiro atoms. The van der Waals surface area contributed by atoms with Crippen LogP contribution in [0.4, 0.5) is 0 Å². The molecule has 0 radical (unpaired) electrons. The van der Waals surface area contributed by atoms with E-state index in [0.717, 1.165) is 17.4 Å². The highest BCUT2D eigenvalue weighted by molar-refractivity contribution is 7.78. The van der Waals surface area contributed by atoms with Crippen LogP contribution in [-0.4, -0.2) is 88.0 Å². The fraction of sp³-hybridized carbons (Fsp3) is 0.630. The average Bonchev–Trinajstić information content (AvgIpc) is 3.50. The summed E-state index contributed by atoms with van der Waals surface area (Å²) < 4.78 is 1.87. The van der Waals surface area contributed by atoms with Crippen LogP contribution < -0.4 is 0 Å². The molecule has 2 saturated heterocycles. The Morgan fingerprint density at radius 3 is 2.34 bits per heavy atom. The lowest BCUT2D eigenvalue weighted by molar-refractivity contribution is 0.0878. The van der Waals surface area contributed by atoms with Gasteiger partial charge in [0, 0.05) is 66.9 Å². The number of thiol groups is 1. The van der Waals surface area contributed by atoms with Crippen LogP contribution in [0.15, 0.2) is 23.8 Å². The summed E-state index contributed by atoms with van der Waals surface area (Å²) in [7, 11) is 4.46. The standard InChI is InChI=1S/C27H38N6S2/c1-30-9-7-20(8-10-30)27-29-25(18-35-27)24-17-33(34)26-23(24)15-21(16-28-26)19-3-5-22(6-4-19)32-13-11-31(2)12-14-32/h15-20,22,34H,3-14H2,1-2H3. The first kappa shape index (κ1) is 23.9. The SMILES string of the molecule is CN1CCC(c2nc(-c3cn(S)c4ncc(C5CCC(N6CCN(C)CC6)CC5)cc34)cs2)CC1. The maximum Gasteiger partial charge on any atom is 0.150 e. The molecule has 0 amide bonds. The summed E-state index contributed by atoms with van der Waals surface area (Å²) in [6.45, 7) is 7.21. The van der Waals surface area contributed by atoms with E-state index in [1.165, 1.54) is 99.3 Å². The lowest BCUT2D eigenvalue weighted by Crippen LogP contribution is -2.49. The van der Waals surface area contributed by atoms with Crippen LogP contribution in [0.25, 0.3) is 22.3 Å². The van der Waals surface area contributed by atoms with Crippen molar-refractivity contribution in [2.45, 2.75) is 56.4 Å². The monoisotopic (exact) mass is 510 g/mol. The predicted octanol–water partition coefficient (Wildman–Crippen LogP) is 4.94. The van der Waals surface area contributed by atoms with Crippen LogP contribution in [0.3, 0.4) is 0 Å². The van der Waals surface area contributed by atoms with Crippen LogP contribution in [0.2, 0.25) is 0 Å². The number of rotatable bonds is 4. The van der Waals surface area contributed by atoms with Gasteiger partial charge in [-0.05, 0) is 83.3 Å². The smallest absolute Gasteiger partial charge is 0.150 e. The van der Waals surface area contributed by atoms with Gasteiger partial charge in [0.25, 0.3) is 0 Å². The third-order valence-corrected chi connectivity index (χ3v) is 10.0. The Kier molecular flexibility index (Phi) is 6.92. The van der Waals surface area contributed by atoms with E-state index in [9.17, 15) is 0 Å². The molecule has 0 atom stereocenters. The third kappa shape index (κ3) is 4.92. The fourth-order valence-electron chi connectivity index (χ4n) is 6.35. The minimum Gasteiger partial charge on any atom is -0.306 e. The van der Waals surface area contributed by atoms with E-state index in [4.69, 9.17) is 22.8 Å². The first-order valence-electron chi connectivity index (χ1n) is 13.3. The van der Waals surface area contributed by atoms with Gasteiger partial charge in [-0.2, -0.15) is 0 Å². The number of aromatic nitrogens is 3. The molecule has 188 valence electrons. The highest BCUT2D eigenvalue weighted by Gasteiger charge is 2.29. The van der Waals surface area contributed by atoms with E-state index >= 15 is 0 Å². The number of nitrogens with zero attached hydrogens (tertiary/aromatic N) is 6. The minimum atomic E-state index is 0.596. The minimum absolute atomic E-state index is 0.596. The van der Waals surface area contributed by atoms with Gasteiger partial charge in [0.05, 0.1) is 10.7 Å². The van der Waals surface area contributed by atoms with Crippen molar-refractivity contribution in [3.63, 3.8) is 0 Å². The van der Waals surface area contributed by atoms with Gasteiger partial charge in [0.1, 0.15) is 5.65 Å². The molecule has 5 heterocycles. The number of piperazine rings is 1. The molecule has 1 aliphatic carbocycles. The normalized spacial score (nSPS) is 26.0. The van der Waals surface area contributed by atoms with Crippen LogP contribution in [0, 0.1) is 0 Å². The van der Waals surface area contributed by atoms with Crippen LogP contribution >= 0.6 is 24.2 Å². The zero-order chi connectivity index (χ0) is 23.9. The molecular weight excluding hydrogens is 472 g/mol. The first-order valence-corrected chi connectivity index (χ1v) is 14.6. The zero-order valence-electron chi connectivity index (χ0n) is 21.1. The van der Waals surface area contributed by atoms with Gasteiger partial charge in [0.2, 0.25) is 0 Å². The summed E-state index contributed by atoms with van der Waals surface area (Å²) in [5.41, 5.74) is 4.58. The predicted molar refractivity (Wildman–Crippen MR) is 149 cm³/mol. The molecule has 0 bridgehead atoms. The molecule has 6 rings (SSSR count). The molecule has 2 aliphatic heterocycles. The van der Waals surface area contributed by atoms with Crippen molar-refractivity contribution in [3.05, 3.63) is 34.4 Å². The van der Waals surface area contributed by atoms with E-state index in [0.29, 0.717) is 11.8 Å². The molecule has 3 aliphatic rings. The maximum atomic E-state index is 5.12. The van der Waals surface area contributed by atoms with E-state index in [2.05, 4.69) is 52.6 Å². The molecule has 3 fully saturated rings. The molecule has 0 N–H and O–H groups in total. The summed E-state index contributed by atoms with van der Waals surface area (Å²) in [4.78, 5) is 17.6. The molecule has 3 aromatic rings. The van der Waals surface area contributed by atoms with Gasteiger partial charge in [-0.15, -0.1) is 11.3 Å². The van der Waals surface area contributed by atoms with E-state index in [-0.39, 0.29) is 0 Å². The summed E-state index contributed by atoms with van der Waals surface area (Å²) in [6.07, 6.45) is 11.8. The van der Waals surface area contributed by atoms with Crippen molar-refractivity contribution in [1.29, 1.82) is 0 Å². The number of thiazole rings is 1. The van der Waals surface area contributed by atoms with E-state index in [1.54, 1.807) is 0 Å². The number of fused-ring (bicyclic) bond motifs is 1. The van der Waals surface area contributed by atoms with Gasteiger partial charge < -0.3 is 9.80 Å². The Morgan fingerprint density at radius 1 is 0.886 bits per heavy atom. The largest absolute Gasteiger partial charge is 0.306 e. The van der Waals surface area contributed by atoms with E-state index in [1.807, 2.05) is 15.3 Å². The van der Waals surface area contributed by atoms with Gasteiger partial charge >= 0.3 is 0 Å². The molecule has 35 heavy (non-hydrogen) atoms. The Balaban J connectivity index is 1.19. The number of likely N-dealkylation sites (N-methyl/N-ethyl adjacent to an activating group) is 1. The summed E-state index contributed by atoms with van der Waals surface area (Å²) in [5.74, 6) is 1.20. The van der Waals surface area contributed by atoms with Crippen LogP contribution in [0.1, 0.15) is 60.9 Å². The Bertz CT molecular complexity index is 1150. The second-order valence-electron chi connectivity index (χ2n) is 11.0. The maximum absolute atomic E-state index is 5.12. The fourth-order valence-corrected chi connectivity index (χ4v) is 7.62. The van der Waals surface area contributed by atoms with Crippen molar-refractivity contribution >= 4 is 35.2 Å². The molecule has 0 aromatic carbocycles. The number of hydrogen-bond acceptors (Lipinski definition) is 7. The van der Waals surface area contributed by atoms with Crippen molar-refractivity contribution in [3.8, 4) is 11.3 Å². The quantitative estimate of drug-likeness (QED) is 0.504. The highest BCUT2D eigenvalue weighted by Crippen LogP contribution is 2.39. The summed E-state index contributed by atoms with van der Waals surface area (Å²) >= 11 is 6.52. The van der Waals surface area contributed by atoms with Crippen molar-refractivity contribution in [2.75, 3.05) is 53.4 Å². The Hall–Kier alpha value is -1.45. The van der Waals surface area contributed by atoms with Gasteiger partial charge in [-0.3, -0.25) is 8.87 Å². The lowest BCUT2D eigenvalue weighted by atomic mass is 9.81. The van der Waals surface area contributed by atoms with Gasteiger partial charge in [0.15, 0.2) is 0 Å². The molecule has 6 nitrogen and oxygen atoms in total. The Labute approximate surface area is 218 Å². The average molecular weight is 511 g/mol. The number of piperidine rings is 1. The van der Waals surface area contributed by atoms with Crippen molar-refractivity contribution < 1.29 is 0 Å². The molecule has 0 unspecified atom stereocenters. The molecule has 8 heteroatoms. The zero-order valence-corrected chi connectivity index (χ0v) is 22.8. The second-order valence-corrected chi connectivity index (χ2v) is 12.3. The molecule has 1 saturated carbocycles. The Morgan fingerprint density at radius 2 is 1.60 bits per heavy atom. The second kappa shape index (κ2) is 10.1. The lowest BCUT2D eigenvalue weighted by Gasteiger charge is -2.41. The van der Waals surface area contributed by atoms with Crippen molar-refractivity contribution in [1.82, 2.24) is 28.6 Å². The first-order chi connectivity index (χ1) is 17.0. The number of hydrogen-bond donors (Lipinski definition) is 1. The number of likely N-dealkylation sites (tertiary alicyclic amines) is 1. The third-order valence-electron chi connectivity index (χ3n) is 8.73. The van der Waals surface area contributed by atoms with Gasteiger partial charge in [-0.25, -0.2) is 9.97 Å². The van der Waals surface area contributed by atoms with Crippen LogP contribution in [-0.2, 0) is 0 Å². The van der Waals surface area contributed by atoms with E-state index < -0.39 is 0 Å². The highest BCUT2D eigenvalue weighted by atomic mass is 32.1. The molecule has 3 aromatic heterocycles. The van der Waals surface area contributed by atoms with Gasteiger partial charge in [-0.1, -0.05) is 12.8 Å². The number of pyridine rings is 1. The summed E-state index contributed by atoms with van der Waals surface area (Å²) in [5, 5.41) is 4.72. The topological polar surface area (TPSA) is 40.4 Å². The van der Waals surface area contributed by atoms with Crippen LogP contribution in [0.5, 0.6) is 0 Å².